The van der Waals surface area contributed by atoms with Gasteiger partial charge >= 0.3 is 6.18 Å². The fraction of sp³-hybridized carbons (Fsp3) is 0.368. The van der Waals surface area contributed by atoms with E-state index in [2.05, 4.69) is 4.72 Å². The zero-order valence-electron chi connectivity index (χ0n) is 15.6. The molecule has 2 rings (SSSR count). The molecule has 8 heteroatoms. The maximum Gasteiger partial charge on any atom is 0.416 e. The number of halogens is 3. The number of sulfonamides is 1. The van der Waals surface area contributed by atoms with Gasteiger partial charge in [-0.3, -0.25) is 0 Å². The number of alkyl halides is 3. The third kappa shape index (κ3) is 4.81. The van der Waals surface area contributed by atoms with Gasteiger partial charge in [0.1, 0.15) is 5.75 Å². The van der Waals surface area contributed by atoms with Gasteiger partial charge < -0.3 is 4.74 Å². The van der Waals surface area contributed by atoms with Gasteiger partial charge in [-0.1, -0.05) is 18.2 Å². The molecule has 0 heterocycles. The Bertz CT molecular complexity index is 938. The van der Waals surface area contributed by atoms with Crippen LogP contribution in [0.4, 0.5) is 13.2 Å². The van der Waals surface area contributed by atoms with Gasteiger partial charge in [0, 0.05) is 6.54 Å². The molecule has 0 aliphatic rings. The van der Waals surface area contributed by atoms with Crippen LogP contribution in [0.1, 0.15) is 27.8 Å². The average molecular weight is 401 g/mol. The Balaban J connectivity index is 2.18. The largest absolute Gasteiger partial charge is 0.496 e. The van der Waals surface area contributed by atoms with E-state index in [1.165, 1.54) is 19.2 Å². The SMILES string of the molecule is COc1cc(C)c(S(=O)(=O)NCCc2cccc(C(F)(F)F)c2)c(C)c1C. The van der Waals surface area contributed by atoms with Crippen LogP contribution in [-0.4, -0.2) is 22.1 Å². The van der Waals surface area contributed by atoms with E-state index in [1.54, 1.807) is 26.8 Å². The monoisotopic (exact) mass is 401 g/mol. The molecule has 27 heavy (non-hydrogen) atoms. The van der Waals surface area contributed by atoms with Gasteiger partial charge in [-0.15, -0.1) is 0 Å². The van der Waals surface area contributed by atoms with Crippen LogP contribution in [0, 0.1) is 20.8 Å². The lowest BCUT2D eigenvalue weighted by molar-refractivity contribution is -0.137. The number of aryl methyl sites for hydroxylation is 1. The van der Waals surface area contributed by atoms with E-state index in [4.69, 9.17) is 4.74 Å². The number of rotatable bonds is 6. The number of nitrogens with one attached hydrogen (secondary N) is 1. The van der Waals surface area contributed by atoms with Crippen molar-refractivity contribution in [3.8, 4) is 5.75 Å². The van der Waals surface area contributed by atoms with E-state index < -0.39 is 21.8 Å². The third-order valence-corrected chi connectivity index (χ3v) is 6.18. The molecule has 0 atom stereocenters. The van der Waals surface area contributed by atoms with Crippen molar-refractivity contribution in [1.29, 1.82) is 0 Å². The number of hydrogen-bond donors (Lipinski definition) is 1. The summed E-state index contributed by atoms with van der Waals surface area (Å²) >= 11 is 0. The molecule has 0 unspecified atom stereocenters. The van der Waals surface area contributed by atoms with Crippen molar-refractivity contribution in [3.05, 3.63) is 58.1 Å². The fourth-order valence-electron chi connectivity index (χ4n) is 2.95. The van der Waals surface area contributed by atoms with E-state index in [0.717, 1.165) is 17.7 Å². The maximum absolute atomic E-state index is 12.8. The topological polar surface area (TPSA) is 55.4 Å². The molecule has 0 amide bonds. The minimum atomic E-state index is -4.43. The normalized spacial score (nSPS) is 12.3. The lowest BCUT2D eigenvalue weighted by atomic mass is 10.1. The molecule has 0 bridgehead atoms. The van der Waals surface area contributed by atoms with E-state index in [9.17, 15) is 21.6 Å². The maximum atomic E-state index is 12.8. The summed E-state index contributed by atoms with van der Waals surface area (Å²) in [6, 6.07) is 6.53. The molecule has 2 aromatic rings. The second-order valence-corrected chi connectivity index (χ2v) is 8.02. The Hall–Kier alpha value is -2.06. The second kappa shape index (κ2) is 7.90. The standard InChI is InChI=1S/C19H22F3NO3S/c1-12-10-17(26-4)13(2)14(3)18(12)27(24,25)23-9-8-15-6-5-7-16(11-15)19(20,21)22/h5-7,10-11,23H,8-9H2,1-4H3. The number of methoxy groups -OCH3 is 1. The summed E-state index contributed by atoms with van der Waals surface area (Å²) in [5.74, 6) is 0.605. The molecule has 0 fully saturated rings. The van der Waals surface area contributed by atoms with Gasteiger partial charge in [0.05, 0.1) is 17.6 Å². The molecule has 0 saturated heterocycles. The van der Waals surface area contributed by atoms with Crippen molar-refractivity contribution in [2.24, 2.45) is 0 Å². The summed E-state index contributed by atoms with van der Waals surface area (Å²) in [4.78, 5) is 0.171. The Morgan fingerprint density at radius 3 is 2.33 bits per heavy atom. The highest BCUT2D eigenvalue weighted by Gasteiger charge is 2.30. The van der Waals surface area contributed by atoms with Crippen molar-refractivity contribution in [2.45, 2.75) is 38.3 Å². The number of benzene rings is 2. The van der Waals surface area contributed by atoms with Crippen molar-refractivity contribution >= 4 is 10.0 Å². The summed E-state index contributed by atoms with van der Waals surface area (Å²) < 4.78 is 71.4. The Morgan fingerprint density at radius 2 is 1.74 bits per heavy atom. The molecule has 4 nitrogen and oxygen atoms in total. The van der Waals surface area contributed by atoms with Crippen LogP contribution in [0.5, 0.6) is 5.75 Å². The van der Waals surface area contributed by atoms with Crippen LogP contribution in [0.3, 0.4) is 0 Å². The lowest BCUT2D eigenvalue weighted by Crippen LogP contribution is -2.27. The van der Waals surface area contributed by atoms with E-state index in [-0.39, 0.29) is 17.9 Å². The van der Waals surface area contributed by atoms with E-state index in [0.29, 0.717) is 22.4 Å². The Labute approximate surface area is 157 Å². The molecule has 0 saturated carbocycles. The van der Waals surface area contributed by atoms with Gasteiger partial charge in [0.15, 0.2) is 0 Å². The molecule has 1 N–H and O–H groups in total. The molecule has 0 aromatic heterocycles. The summed E-state index contributed by atoms with van der Waals surface area (Å²) in [7, 11) is -2.29. The Morgan fingerprint density at radius 1 is 1.07 bits per heavy atom. The van der Waals surface area contributed by atoms with Gasteiger partial charge in [0.2, 0.25) is 10.0 Å². The molecule has 148 valence electrons. The summed E-state index contributed by atoms with van der Waals surface area (Å²) in [5, 5.41) is 0. The van der Waals surface area contributed by atoms with Crippen molar-refractivity contribution in [1.82, 2.24) is 4.72 Å². The first kappa shape index (κ1) is 21.2. The van der Waals surface area contributed by atoms with Crippen molar-refractivity contribution in [2.75, 3.05) is 13.7 Å². The van der Waals surface area contributed by atoms with Gasteiger partial charge in [-0.25, -0.2) is 13.1 Å². The minimum Gasteiger partial charge on any atom is -0.496 e. The summed E-state index contributed by atoms with van der Waals surface area (Å²) in [6.45, 7) is 5.14. The minimum absolute atomic E-state index is 0.00635. The zero-order chi connectivity index (χ0) is 20.4. The van der Waals surface area contributed by atoms with Crippen LogP contribution in [-0.2, 0) is 22.6 Å². The summed E-state index contributed by atoms with van der Waals surface area (Å²) in [6.07, 6.45) is -4.28. The van der Waals surface area contributed by atoms with Crippen molar-refractivity contribution < 1.29 is 26.3 Å². The molecular weight excluding hydrogens is 379 g/mol. The molecule has 0 spiro atoms. The predicted molar refractivity (Wildman–Crippen MR) is 97.5 cm³/mol. The van der Waals surface area contributed by atoms with E-state index >= 15 is 0 Å². The highest BCUT2D eigenvalue weighted by Crippen LogP contribution is 2.31. The number of hydrogen-bond acceptors (Lipinski definition) is 3. The van der Waals surface area contributed by atoms with Gasteiger partial charge in [-0.05, 0) is 61.6 Å². The molecular formula is C19H22F3NO3S. The highest BCUT2D eigenvalue weighted by molar-refractivity contribution is 7.89. The van der Waals surface area contributed by atoms with E-state index in [1.807, 2.05) is 0 Å². The molecule has 0 aliphatic heterocycles. The van der Waals surface area contributed by atoms with Crippen LogP contribution in [0.15, 0.2) is 35.2 Å². The zero-order valence-corrected chi connectivity index (χ0v) is 16.4. The second-order valence-electron chi connectivity index (χ2n) is 6.32. The first-order valence-electron chi connectivity index (χ1n) is 8.28. The lowest BCUT2D eigenvalue weighted by Gasteiger charge is -2.17. The molecule has 0 radical (unpaired) electrons. The van der Waals surface area contributed by atoms with Crippen LogP contribution >= 0.6 is 0 Å². The first-order chi connectivity index (χ1) is 12.5. The quantitative estimate of drug-likeness (QED) is 0.791. The smallest absolute Gasteiger partial charge is 0.416 e. The summed E-state index contributed by atoms with van der Waals surface area (Å²) in [5.41, 5.74) is 1.51. The fourth-order valence-corrected chi connectivity index (χ4v) is 4.51. The van der Waals surface area contributed by atoms with Crippen LogP contribution in [0.2, 0.25) is 0 Å². The number of ether oxygens (including phenoxy) is 1. The third-order valence-electron chi connectivity index (χ3n) is 4.43. The first-order valence-corrected chi connectivity index (χ1v) is 9.76. The van der Waals surface area contributed by atoms with Crippen molar-refractivity contribution in [3.63, 3.8) is 0 Å². The average Bonchev–Trinajstić information content (AvgIpc) is 2.57. The van der Waals surface area contributed by atoms with Crippen LogP contribution in [0.25, 0.3) is 0 Å². The van der Waals surface area contributed by atoms with Crippen LogP contribution < -0.4 is 9.46 Å². The van der Waals surface area contributed by atoms with Gasteiger partial charge in [-0.2, -0.15) is 13.2 Å². The predicted octanol–water partition coefficient (Wildman–Crippen LogP) is 4.16. The molecule has 2 aromatic carbocycles. The highest BCUT2D eigenvalue weighted by atomic mass is 32.2. The Kier molecular flexibility index (Phi) is 6.21. The molecule has 0 aliphatic carbocycles. The van der Waals surface area contributed by atoms with Gasteiger partial charge in [0.25, 0.3) is 0 Å².